The lowest BCUT2D eigenvalue weighted by Gasteiger charge is -2.09. The van der Waals surface area contributed by atoms with Crippen molar-refractivity contribution < 1.29 is 0 Å². The molecule has 1 aromatic carbocycles. The van der Waals surface area contributed by atoms with Crippen molar-refractivity contribution in [2.75, 3.05) is 6.54 Å². The van der Waals surface area contributed by atoms with Crippen molar-refractivity contribution >= 4 is 29.0 Å². The molecule has 0 aliphatic rings. The number of hydrogen-bond donors (Lipinski definition) is 1. The third-order valence-corrected chi connectivity index (χ3v) is 4.03. The van der Waals surface area contributed by atoms with Crippen molar-refractivity contribution in [1.82, 2.24) is 5.32 Å². The van der Waals surface area contributed by atoms with Gasteiger partial charge >= 0.3 is 0 Å². The predicted molar refractivity (Wildman–Crippen MR) is 77.4 cm³/mol. The molecule has 1 N–H and O–H groups in total. The van der Waals surface area contributed by atoms with Crippen LogP contribution < -0.4 is 5.32 Å². The van der Waals surface area contributed by atoms with Crippen LogP contribution in [0.25, 0.3) is 0 Å². The van der Waals surface area contributed by atoms with Gasteiger partial charge in [-0.15, -0.1) is 11.8 Å². The maximum Gasteiger partial charge on any atom is 0.106 e. The average Bonchev–Trinajstić information content (AvgIpc) is 2.30. The summed E-state index contributed by atoms with van der Waals surface area (Å²) in [5.74, 6) is 0. The summed E-state index contributed by atoms with van der Waals surface area (Å²) in [6.07, 6.45) is 1.20. The summed E-state index contributed by atoms with van der Waals surface area (Å²) in [4.78, 5) is 2.15. The summed E-state index contributed by atoms with van der Waals surface area (Å²) in [6.45, 7) is 7.40. The lowest BCUT2D eigenvalue weighted by molar-refractivity contribution is 0.905. The van der Waals surface area contributed by atoms with Gasteiger partial charge in [0.05, 0.1) is 0 Å². The SMILES string of the molecule is CCNC(=S)c1ccc(SC(C)CC)cc1. The van der Waals surface area contributed by atoms with Crippen LogP contribution in [0.4, 0.5) is 0 Å². The molecule has 1 atom stereocenters. The molecule has 0 saturated heterocycles. The van der Waals surface area contributed by atoms with Crippen molar-refractivity contribution in [2.24, 2.45) is 0 Å². The minimum Gasteiger partial charge on any atom is -0.376 e. The Hall–Kier alpha value is -0.540. The molecule has 0 heterocycles. The topological polar surface area (TPSA) is 12.0 Å². The Labute approximate surface area is 108 Å². The van der Waals surface area contributed by atoms with Gasteiger partial charge in [0.25, 0.3) is 0 Å². The largest absolute Gasteiger partial charge is 0.376 e. The van der Waals surface area contributed by atoms with Crippen LogP contribution in [0.2, 0.25) is 0 Å². The molecule has 1 nitrogen and oxygen atoms in total. The van der Waals surface area contributed by atoms with Crippen LogP contribution in [0.5, 0.6) is 0 Å². The molecule has 1 aromatic rings. The van der Waals surface area contributed by atoms with Crippen LogP contribution in [0, 0.1) is 0 Å². The lowest BCUT2D eigenvalue weighted by atomic mass is 10.2. The first-order valence-corrected chi connectivity index (χ1v) is 7.01. The van der Waals surface area contributed by atoms with Crippen LogP contribution in [-0.2, 0) is 0 Å². The highest BCUT2D eigenvalue weighted by molar-refractivity contribution is 7.99. The fourth-order valence-electron chi connectivity index (χ4n) is 1.26. The van der Waals surface area contributed by atoms with Gasteiger partial charge in [0.1, 0.15) is 4.99 Å². The fraction of sp³-hybridized carbons (Fsp3) is 0.462. The molecular weight excluding hydrogens is 234 g/mol. The van der Waals surface area contributed by atoms with Crippen LogP contribution >= 0.6 is 24.0 Å². The molecule has 3 heteroatoms. The zero-order chi connectivity index (χ0) is 12.0. The van der Waals surface area contributed by atoms with E-state index < -0.39 is 0 Å². The molecule has 0 amide bonds. The molecule has 0 aliphatic heterocycles. The van der Waals surface area contributed by atoms with Gasteiger partial charge in [-0.2, -0.15) is 0 Å². The molecule has 88 valence electrons. The summed E-state index contributed by atoms with van der Waals surface area (Å²) in [7, 11) is 0. The summed E-state index contributed by atoms with van der Waals surface area (Å²) in [5, 5.41) is 3.83. The van der Waals surface area contributed by atoms with E-state index in [0.29, 0.717) is 5.25 Å². The number of rotatable bonds is 5. The van der Waals surface area contributed by atoms with E-state index in [4.69, 9.17) is 12.2 Å². The molecule has 1 unspecified atom stereocenters. The van der Waals surface area contributed by atoms with Gasteiger partial charge in [0.15, 0.2) is 0 Å². The molecule has 16 heavy (non-hydrogen) atoms. The minimum atomic E-state index is 0.673. The number of thioether (sulfide) groups is 1. The van der Waals surface area contributed by atoms with Crippen molar-refractivity contribution in [3.05, 3.63) is 29.8 Å². The molecule has 0 aliphatic carbocycles. The van der Waals surface area contributed by atoms with Gasteiger partial charge in [-0.05, 0) is 25.5 Å². The zero-order valence-corrected chi connectivity index (χ0v) is 11.8. The smallest absolute Gasteiger partial charge is 0.106 e. The number of nitrogens with one attached hydrogen (secondary N) is 1. The predicted octanol–water partition coefficient (Wildman–Crippen LogP) is 3.86. The Morgan fingerprint density at radius 1 is 1.31 bits per heavy atom. The summed E-state index contributed by atoms with van der Waals surface area (Å²) in [6, 6.07) is 8.48. The Balaban J connectivity index is 2.64. The molecule has 0 aromatic heterocycles. The molecule has 0 saturated carbocycles. The van der Waals surface area contributed by atoms with Crippen molar-refractivity contribution in [1.29, 1.82) is 0 Å². The second-order valence-corrected chi connectivity index (χ2v) is 5.64. The van der Waals surface area contributed by atoms with Crippen LogP contribution in [0.1, 0.15) is 32.8 Å². The van der Waals surface area contributed by atoms with Crippen LogP contribution in [-0.4, -0.2) is 16.8 Å². The first-order valence-electron chi connectivity index (χ1n) is 5.72. The Bertz CT molecular complexity index is 332. The molecule has 1 rings (SSSR count). The van der Waals surface area contributed by atoms with Crippen molar-refractivity contribution in [3.63, 3.8) is 0 Å². The second-order valence-electron chi connectivity index (χ2n) is 3.72. The first-order chi connectivity index (χ1) is 7.67. The molecular formula is C13H19NS2. The van der Waals surface area contributed by atoms with Gasteiger partial charge in [-0.3, -0.25) is 0 Å². The van der Waals surface area contributed by atoms with E-state index in [2.05, 4.69) is 50.4 Å². The quantitative estimate of drug-likeness (QED) is 0.632. The van der Waals surface area contributed by atoms with E-state index in [9.17, 15) is 0 Å². The molecule has 0 bridgehead atoms. The van der Waals surface area contributed by atoms with E-state index in [1.807, 2.05) is 11.8 Å². The van der Waals surface area contributed by atoms with Gasteiger partial charge < -0.3 is 5.32 Å². The van der Waals surface area contributed by atoms with Gasteiger partial charge in [-0.25, -0.2) is 0 Å². The summed E-state index contributed by atoms with van der Waals surface area (Å²) < 4.78 is 0. The van der Waals surface area contributed by atoms with Gasteiger partial charge in [-0.1, -0.05) is 38.2 Å². The van der Waals surface area contributed by atoms with Crippen molar-refractivity contribution in [3.8, 4) is 0 Å². The maximum absolute atomic E-state index is 5.26. The summed E-state index contributed by atoms with van der Waals surface area (Å²) in [5.41, 5.74) is 1.10. The third kappa shape index (κ3) is 4.14. The number of thiocarbonyl (C=S) groups is 1. The Kier molecular flexibility index (Phi) is 5.85. The van der Waals surface area contributed by atoms with Gasteiger partial charge in [0.2, 0.25) is 0 Å². The van der Waals surface area contributed by atoms with Crippen LogP contribution in [0.15, 0.2) is 29.2 Å². The average molecular weight is 253 g/mol. The van der Waals surface area contributed by atoms with E-state index in [0.717, 1.165) is 17.1 Å². The van der Waals surface area contributed by atoms with Gasteiger partial charge in [0, 0.05) is 22.3 Å². The van der Waals surface area contributed by atoms with Crippen LogP contribution in [0.3, 0.4) is 0 Å². The monoisotopic (exact) mass is 253 g/mol. The van der Waals surface area contributed by atoms with Crippen molar-refractivity contribution in [2.45, 2.75) is 37.3 Å². The van der Waals surface area contributed by atoms with E-state index >= 15 is 0 Å². The minimum absolute atomic E-state index is 0.673. The highest BCUT2D eigenvalue weighted by Gasteiger charge is 2.03. The normalized spacial score (nSPS) is 12.2. The molecule has 0 fully saturated rings. The Morgan fingerprint density at radius 3 is 2.44 bits per heavy atom. The number of hydrogen-bond acceptors (Lipinski definition) is 2. The van der Waals surface area contributed by atoms with E-state index in [1.54, 1.807) is 0 Å². The third-order valence-electron chi connectivity index (χ3n) is 2.37. The van der Waals surface area contributed by atoms with E-state index in [1.165, 1.54) is 11.3 Å². The zero-order valence-electron chi connectivity index (χ0n) is 10.1. The summed E-state index contributed by atoms with van der Waals surface area (Å²) >= 11 is 7.17. The molecule has 0 radical (unpaired) electrons. The highest BCUT2D eigenvalue weighted by atomic mass is 32.2. The first kappa shape index (κ1) is 13.5. The fourth-order valence-corrected chi connectivity index (χ4v) is 2.47. The Morgan fingerprint density at radius 2 is 1.94 bits per heavy atom. The molecule has 0 spiro atoms. The highest BCUT2D eigenvalue weighted by Crippen LogP contribution is 2.25. The standard InChI is InChI=1S/C13H19NS2/c1-4-10(3)16-12-8-6-11(7-9-12)13(15)14-5-2/h6-10H,4-5H2,1-3H3,(H,14,15). The van der Waals surface area contributed by atoms with E-state index in [-0.39, 0.29) is 0 Å². The lowest BCUT2D eigenvalue weighted by Crippen LogP contribution is -2.21. The number of benzene rings is 1. The second kappa shape index (κ2) is 6.92. The maximum atomic E-state index is 5.26.